The summed E-state index contributed by atoms with van der Waals surface area (Å²) in [7, 11) is 0. The van der Waals surface area contributed by atoms with Gasteiger partial charge in [-0.05, 0) is 29.7 Å². The highest BCUT2D eigenvalue weighted by Crippen LogP contribution is 2.33. The molecule has 0 amide bonds. The van der Waals surface area contributed by atoms with Crippen LogP contribution in [0, 0.1) is 0 Å². The minimum absolute atomic E-state index is 0.839. The summed E-state index contributed by atoms with van der Waals surface area (Å²) in [4.78, 5) is 6.49. The molecule has 88 valence electrons. The van der Waals surface area contributed by atoms with Crippen LogP contribution in [0.25, 0.3) is 0 Å². The van der Waals surface area contributed by atoms with Crippen LogP contribution in [0.1, 0.15) is 11.1 Å². The molecule has 1 aliphatic heterocycles. The van der Waals surface area contributed by atoms with Crippen LogP contribution in [0.5, 0.6) is 0 Å². The van der Waals surface area contributed by atoms with E-state index >= 15 is 0 Å². The van der Waals surface area contributed by atoms with Crippen LogP contribution in [-0.4, -0.2) is 15.9 Å². The lowest BCUT2D eigenvalue weighted by Crippen LogP contribution is -2.30. The fraction of sp³-hybridized carbons (Fsp3) is 0.273. The van der Waals surface area contributed by atoms with Crippen LogP contribution in [0.3, 0.4) is 0 Å². The molecule has 0 radical (unpaired) electrons. The van der Waals surface area contributed by atoms with Crippen LogP contribution in [-0.2, 0) is 13.0 Å². The molecular formula is C11H9BrClN3S. The summed E-state index contributed by atoms with van der Waals surface area (Å²) >= 11 is 11.2. The van der Waals surface area contributed by atoms with Gasteiger partial charge in [0, 0.05) is 34.1 Å². The molecule has 17 heavy (non-hydrogen) atoms. The zero-order chi connectivity index (χ0) is 11.8. The number of benzene rings is 1. The minimum Gasteiger partial charge on any atom is -0.342 e. The van der Waals surface area contributed by atoms with Gasteiger partial charge in [-0.25, -0.2) is 4.98 Å². The van der Waals surface area contributed by atoms with E-state index in [1.807, 2.05) is 12.1 Å². The van der Waals surface area contributed by atoms with Crippen LogP contribution in [0.15, 0.2) is 22.9 Å². The Bertz CT molecular complexity index is 544. The second-order valence-electron chi connectivity index (χ2n) is 3.88. The maximum Gasteiger partial charge on any atom is 0.205 e. The predicted octanol–water partition coefficient (Wildman–Crippen LogP) is 3.52. The molecule has 0 spiro atoms. The van der Waals surface area contributed by atoms with Crippen molar-refractivity contribution in [2.24, 2.45) is 0 Å². The highest BCUT2D eigenvalue weighted by atomic mass is 79.9. The summed E-state index contributed by atoms with van der Waals surface area (Å²) in [5, 5.41) is 1.84. The summed E-state index contributed by atoms with van der Waals surface area (Å²) < 4.78 is 5.16. The van der Waals surface area contributed by atoms with Crippen LogP contribution < -0.4 is 4.90 Å². The Hall–Kier alpha value is -0.650. The van der Waals surface area contributed by atoms with Crippen LogP contribution in [0.2, 0.25) is 5.02 Å². The molecule has 1 aromatic heterocycles. The van der Waals surface area contributed by atoms with Crippen molar-refractivity contribution in [2.75, 3.05) is 11.4 Å². The molecule has 0 saturated heterocycles. The van der Waals surface area contributed by atoms with E-state index in [0.29, 0.717) is 0 Å². The highest BCUT2D eigenvalue weighted by molar-refractivity contribution is 9.10. The number of aromatic nitrogens is 2. The number of nitrogens with zero attached hydrogens (tertiary/aromatic N) is 3. The molecule has 0 N–H and O–H groups in total. The zero-order valence-electron chi connectivity index (χ0n) is 8.86. The first kappa shape index (κ1) is 11.4. The monoisotopic (exact) mass is 329 g/mol. The third-order valence-corrected chi connectivity index (χ3v) is 4.74. The first-order valence-corrected chi connectivity index (χ1v) is 7.17. The van der Waals surface area contributed by atoms with E-state index in [9.17, 15) is 0 Å². The second-order valence-corrected chi connectivity index (χ2v) is 5.90. The van der Waals surface area contributed by atoms with Crippen molar-refractivity contribution in [3.63, 3.8) is 0 Å². The van der Waals surface area contributed by atoms with Crippen molar-refractivity contribution in [3.05, 3.63) is 39.1 Å². The smallest absolute Gasteiger partial charge is 0.205 e. The predicted molar refractivity (Wildman–Crippen MR) is 73.8 cm³/mol. The summed E-state index contributed by atoms with van der Waals surface area (Å²) in [6.07, 6.45) is 2.55. The third kappa shape index (κ3) is 2.07. The Morgan fingerprint density at radius 3 is 3.00 bits per heavy atom. The number of fused-ring (bicyclic) bond motifs is 1. The average Bonchev–Trinajstić information content (AvgIpc) is 2.87. The van der Waals surface area contributed by atoms with Crippen molar-refractivity contribution in [1.82, 2.24) is 9.36 Å². The standard InChI is InChI=1S/C11H9BrClN3S/c12-9-1-2-10(13)7-3-4-16(5-8(7)9)11-14-6-15-17-11/h1-2,6H,3-5H2. The lowest BCUT2D eigenvalue weighted by atomic mass is 10.0. The van der Waals surface area contributed by atoms with Crippen molar-refractivity contribution in [1.29, 1.82) is 0 Å². The van der Waals surface area contributed by atoms with Gasteiger partial charge in [0.05, 0.1) is 0 Å². The molecule has 0 aliphatic carbocycles. The fourth-order valence-electron chi connectivity index (χ4n) is 2.06. The molecule has 0 unspecified atom stereocenters. The van der Waals surface area contributed by atoms with E-state index in [4.69, 9.17) is 11.6 Å². The van der Waals surface area contributed by atoms with Crippen molar-refractivity contribution < 1.29 is 0 Å². The van der Waals surface area contributed by atoms with Gasteiger partial charge in [0.15, 0.2) is 0 Å². The Kier molecular flexibility index (Phi) is 3.06. The molecule has 3 nitrogen and oxygen atoms in total. The van der Waals surface area contributed by atoms with Gasteiger partial charge in [0.1, 0.15) is 6.33 Å². The van der Waals surface area contributed by atoms with Gasteiger partial charge >= 0.3 is 0 Å². The van der Waals surface area contributed by atoms with Crippen molar-refractivity contribution in [3.8, 4) is 0 Å². The Morgan fingerprint density at radius 1 is 1.35 bits per heavy atom. The molecule has 0 fully saturated rings. The Labute approximate surface area is 117 Å². The zero-order valence-corrected chi connectivity index (χ0v) is 12.0. The largest absolute Gasteiger partial charge is 0.342 e. The molecule has 0 atom stereocenters. The number of halogens is 2. The van der Waals surface area contributed by atoms with Gasteiger partial charge in [0.2, 0.25) is 5.13 Å². The Balaban J connectivity index is 1.98. The van der Waals surface area contributed by atoms with E-state index in [-0.39, 0.29) is 0 Å². The summed E-state index contributed by atoms with van der Waals surface area (Å²) in [6, 6.07) is 3.95. The number of anilines is 1. The molecule has 3 rings (SSSR count). The SMILES string of the molecule is Clc1ccc(Br)c2c1CCN(c1ncns1)C2. The minimum atomic E-state index is 0.839. The Morgan fingerprint density at radius 2 is 2.24 bits per heavy atom. The maximum atomic E-state index is 6.22. The van der Waals surface area contributed by atoms with Gasteiger partial charge in [-0.2, -0.15) is 4.37 Å². The number of hydrogen-bond donors (Lipinski definition) is 0. The molecule has 1 aromatic carbocycles. The molecule has 6 heteroatoms. The van der Waals surface area contributed by atoms with Gasteiger partial charge in [-0.1, -0.05) is 27.5 Å². The quantitative estimate of drug-likeness (QED) is 0.801. The first-order valence-electron chi connectivity index (χ1n) is 5.23. The van der Waals surface area contributed by atoms with Crippen molar-refractivity contribution in [2.45, 2.75) is 13.0 Å². The van der Waals surface area contributed by atoms with Crippen LogP contribution >= 0.6 is 39.1 Å². The second kappa shape index (κ2) is 4.55. The van der Waals surface area contributed by atoms with E-state index in [1.54, 1.807) is 6.33 Å². The van der Waals surface area contributed by atoms with Gasteiger partial charge in [0.25, 0.3) is 0 Å². The molecule has 2 heterocycles. The van der Waals surface area contributed by atoms with E-state index in [1.165, 1.54) is 22.7 Å². The lowest BCUT2D eigenvalue weighted by Gasteiger charge is -2.29. The number of hydrogen-bond acceptors (Lipinski definition) is 4. The average molecular weight is 331 g/mol. The lowest BCUT2D eigenvalue weighted by molar-refractivity contribution is 0.726. The highest BCUT2D eigenvalue weighted by Gasteiger charge is 2.22. The van der Waals surface area contributed by atoms with E-state index < -0.39 is 0 Å². The molecule has 2 aromatic rings. The van der Waals surface area contributed by atoms with E-state index in [2.05, 4.69) is 30.2 Å². The third-order valence-electron chi connectivity index (χ3n) is 2.92. The first-order chi connectivity index (χ1) is 8.25. The molecule has 0 bridgehead atoms. The van der Waals surface area contributed by atoms with Crippen molar-refractivity contribution >= 4 is 44.2 Å². The summed E-state index contributed by atoms with van der Waals surface area (Å²) in [5.74, 6) is 0. The van der Waals surface area contributed by atoms with Gasteiger partial charge in [-0.3, -0.25) is 0 Å². The summed E-state index contributed by atoms with van der Waals surface area (Å²) in [6.45, 7) is 1.78. The fourth-order valence-corrected chi connectivity index (χ4v) is 3.39. The number of rotatable bonds is 1. The normalized spacial score (nSPS) is 14.8. The van der Waals surface area contributed by atoms with E-state index in [0.717, 1.165) is 34.1 Å². The summed E-state index contributed by atoms with van der Waals surface area (Å²) in [5.41, 5.74) is 2.51. The van der Waals surface area contributed by atoms with Gasteiger partial charge in [-0.15, -0.1) is 0 Å². The molecule has 0 saturated carbocycles. The molecular weight excluding hydrogens is 322 g/mol. The maximum absolute atomic E-state index is 6.22. The topological polar surface area (TPSA) is 29.0 Å². The molecule has 1 aliphatic rings. The van der Waals surface area contributed by atoms with Crippen LogP contribution in [0.4, 0.5) is 5.13 Å². The van der Waals surface area contributed by atoms with Gasteiger partial charge < -0.3 is 4.90 Å².